The van der Waals surface area contributed by atoms with Gasteiger partial charge in [0.2, 0.25) is 0 Å². The van der Waals surface area contributed by atoms with Gasteiger partial charge >= 0.3 is 12.3 Å². The summed E-state index contributed by atoms with van der Waals surface area (Å²) in [5, 5.41) is 0. The molecule has 1 aromatic heterocycles. The summed E-state index contributed by atoms with van der Waals surface area (Å²) >= 11 is 0. The zero-order chi connectivity index (χ0) is 14.8. The normalized spacial score (nSPS) is 11.6. The lowest BCUT2D eigenvalue weighted by Crippen LogP contribution is -2.20. The van der Waals surface area contributed by atoms with E-state index in [4.69, 9.17) is 0 Å². The molecule has 0 atom stereocenters. The van der Waals surface area contributed by atoms with E-state index >= 15 is 0 Å². The van der Waals surface area contributed by atoms with Gasteiger partial charge in [0.05, 0.1) is 18.9 Å². The predicted octanol–water partition coefficient (Wildman–Crippen LogP) is 2.84. The lowest BCUT2D eigenvalue weighted by molar-refractivity contribution is -0.275. The minimum atomic E-state index is -5.28. The monoisotopic (exact) mass is 289 g/mol. The highest BCUT2D eigenvalue weighted by atomic mass is 19.4. The summed E-state index contributed by atoms with van der Waals surface area (Å²) < 4.78 is 81.5. The number of hydrogen-bond donors (Lipinski definition) is 0. The average molecular weight is 289 g/mol. The Morgan fingerprint density at radius 2 is 1.95 bits per heavy atom. The zero-order valence-electron chi connectivity index (χ0n) is 9.09. The van der Waals surface area contributed by atoms with Crippen LogP contribution in [0.15, 0.2) is 6.20 Å². The van der Waals surface area contributed by atoms with Gasteiger partial charge in [-0.25, -0.2) is 22.9 Å². The Morgan fingerprint density at radius 3 is 2.37 bits per heavy atom. The van der Waals surface area contributed by atoms with Gasteiger partial charge < -0.3 is 9.47 Å². The van der Waals surface area contributed by atoms with Crippen molar-refractivity contribution in [1.29, 1.82) is 0 Å². The Kier molecular flexibility index (Phi) is 4.22. The van der Waals surface area contributed by atoms with Gasteiger partial charge in [-0.15, -0.1) is 13.2 Å². The standard InChI is InChI=1S/C9H5F6NO3/c1-18-8(17)6-4(7(11)12)5(10)3(2-16-6)19-9(13,14)15/h2,7H,1H3. The molecule has 0 spiro atoms. The van der Waals surface area contributed by atoms with E-state index < -0.39 is 41.6 Å². The first-order valence-corrected chi connectivity index (χ1v) is 4.48. The van der Waals surface area contributed by atoms with Gasteiger partial charge in [-0.3, -0.25) is 0 Å². The second-order valence-electron chi connectivity index (χ2n) is 3.04. The summed E-state index contributed by atoms with van der Waals surface area (Å²) in [6, 6.07) is 0. The van der Waals surface area contributed by atoms with E-state index in [0.717, 1.165) is 7.11 Å². The van der Waals surface area contributed by atoms with Gasteiger partial charge in [0, 0.05) is 0 Å². The molecule has 0 aliphatic heterocycles. The van der Waals surface area contributed by atoms with E-state index in [1.807, 2.05) is 0 Å². The van der Waals surface area contributed by atoms with Crippen LogP contribution < -0.4 is 4.74 Å². The van der Waals surface area contributed by atoms with Crippen LogP contribution in [-0.4, -0.2) is 24.4 Å². The number of halogens is 6. The van der Waals surface area contributed by atoms with Crippen LogP contribution in [0.25, 0.3) is 0 Å². The van der Waals surface area contributed by atoms with Crippen molar-refractivity contribution in [3.05, 3.63) is 23.3 Å². The van der Waals surface area contributed by atoms with Gasteiger partial charge in [0.1, 0.15) is 0 Å². The topological polar surface area (TPSA) is 48.4 Å². The molecule has 0 aliphatic carbocycles. The molecule has 1 heterocycles. The molecule has 19 heavy (non-hydrogen) atoms. The third-order valence-electron chi connectivity index (χ3n) is 1.84. The predicted molar refractivity (Wildman–Crippen MR) is 47.2 cm³/mol. The third-order valence-corrected chi connectivity index (χ3v) is 1.84. The van der Waals surface area contributed by atoms with E-state index in [1.165, 1.54) is 0 Å². The van der Waals surface area contributed by atoms with E-state index in [-0.39, 0.29) is 6.20 Å². The second-order valence-corrected chi connectivity index (χ2v) is 3.04. The number of pyridine rings is 1. The molecule has 1 rings (SSSR count). The van der Waals surface area contributed by atoms with Crippen molar-refractivity contribution >= 4 is 5.97 Å². The van der Waals surface area contributed by atoms with E-state index in [2.05, 4.69) is 14.5 Å². The van der Waals surface area contributed by atoms with Crippen LogP contribution in [-0.2, 0) is 4.74 Å². The summed E-state index contributed by atoms with van der Waals surface area (Å²) in [5.74, 6) is -4.99. The van der Waals surface area contributed by atoms with Crippen LogP contribution in [0.1, 0.15) is 22.5 Å². The van der Waals surface area contributed by atoms with Gasteiger partial charge in [-0.05, 0) is 0 Å². The van der Waals surface area contributed by atoms with Crippen molar-refractivity contribution < 1.29 is 40.6 Å². The van der Waals surface area contributed by atoms with E-state index in [0.29, 0.717) is 0 Å². The van der Waals surface area contributed by atoms with E-state index in [9.17, 15) is 31.1 Å². The van der Waals surface area contributed by atoms with Crippen molar-refractivity contribution in [3.63, 3.8) is 0 Å². The van der Waals surface area contributed by atoms with Crippen molar-refractivity contribution in [3.8, 4) is 5.75 Å². The lowest BCUT2D eigenvalue weighted by atomic mass is 10.2. The molecule has 0 aliphatic rings. The summed E-state index contributed by atoms with van der Waals surface area (Å²) in [5.41, 5.74) is -2.74. The van der Waals surface area contributed by atoms with Gasteiger partial charge in [0.15, 0.2) is 17.3 Å². The molecule has 0 saturated heterocycles. The summed E-state index contributed by atoms with van der Waals surface area (Å²) in [7, 11) is 0.817. The van der Waals surface area contributed by atoms with Crippen LogP contribution in [0, 0.1) is 5.82 Å². The molecule has 0 saturated carbocycles. The maximum absolute atomic E-state index is 13.5. The highest BCUT2D eigenvalue weighted by Gasteiger charge is 2.35. The molecule has 10 heteroatoms. The SMILES string of the molecule is COC(=O)c1ncc(OC(F)(F)F)c(F)c1C(F)F. The quantitative estimate of drug-likeness (QED) is 0.634. The fourth-order valence-electron chi connectivity index (χ4n) is 1.14. The molecule has 0 radical (unpaired) electrons. The number of esters is 1. The number of methoxy groups -OCH3 is 1. The number of carbonyl (C=O) groups is 1. The van der Waals surface area contributed by atoms with Crippen molar-refractivity contribution in [2.24, 2.45) is 0 Å². The average Bonchev–Trinajstić information content (AvgIpc) is 2.28. The van der Waals surface area contributed by atoms with Gasteiger partial charge in [-0.1, -0.05) is 0 Å². The highest BCUT2D eigenvalue weighted by molar-refractivity contribution is 5.89. The number of rotatable bonds is 3. The molecule has 0 fully saturated rings. The number of alkyl halides is 5. The van der Waals surface area contributed by atoms with Gasteiger partial charge in [0.25, 0.3) is 6.43 Å². The minimum Gasteiger partial charge on any atom is -0.464 e. The fraction of sp³-hybridized carbons (Fsp3) is 0.333. The molecule has 4 nitrogen and oxygen atoms in total. The van der Waals surface area contributed by atoms with Gasteiger partial charge in [-0.2, -0.15) is 0 Å². The molecule has 0 amide bonds. The van der Waals surface area contributed by atoms with Crippen molar-refractivity contribution in [2.75, 3.05) is 7.11 Å². The molecular weight excluding hydrogens is 284 g/mol. The number of hydrogen-bond acceptors (Lipinski definition) is 4. The first-order chi connectivity index (χ1) is 8.67. The van der Waals surface area contributed by atoms with Crippen LogP contribution in [0.4, 0.5) is 26.3 Å². The molecule has 0 unspecified atom stereocenters. The Balaban J connectivity index is 3.35. The third kappa shape index (κ3) is 3.48. The molecule has 0 N–H and O–H groups in total. The smallest absolute Gasteiger partial charge is 0.464 e. The Labute approximate surface area is 101 Å². The Bertz CT molecular complexity index is 488. The van der Waals surface area contributed by atoms with Crippen LogP contribution in [0.5, 0.6) is 5.75 Å². The molecule has 106 valence electrons. The fourth-order valence-corrected chi connectivity index (χ4v) is 1.14. The van der Waals surface area contributed by atoms with Crippen LogP contribution >= 0.6 is 0 Å². The number of ether oxygens (including phenoxy) is 2. The zero-order valence-corrected chi connectivity index (χ0v) is 9.09. The lowest BCUT2D eigenvalue weighted by Gasteiger charge is -2.13. The van der Waals surface area contributed by atoms with Crippen molar-refractivity contribution in [1.82, 2.24) is 4.98 Å². The maximum Gasteiger partial charge on any atom is 0.573 e. The molecular formula is C9H5F6NO3. The summed E-state index contributed by atoms with van der Waals surface area (Å²) in [6.07, 6.45) is -8.69. The summed E-state index contributed by atoms with van der Waals surface area (Å²) in [4.78, 5) is 14.0. The highest BCUT2D eigenvalue weighted by Crippen LogP contribution is 2.33. The second kappa shape index (κ2) is 5.33. The van der Waals surface area contributed by atoms with E-state index in [1.54, 1.807) is 0 Å². The Hall–Kier alpha value is -2.00. The first kappa shape index (κ1) is 15.1. The first-order valence-electron chi connectivity index (χ1n) is 4.48. The Morgan fingerprint density at radius 1 is 1.37 bits per heavy atom. The van der Waals surface area contributed by atoms with Crippen LogP contribution in [0.3, 0.4) is 0 Å². The number of carbonyl (C=O) groups excluding carboxylic acids is 1. The summed E-state index contributed by atoms with van der Waals surface area (Å²) in [6.45, 7) is 0. The van der Waals surface area contributed by atoms with Crippen molar-refractivity contribution in [2.45, 2.75) is 12.8 Å². The number of aromatic nitrogens is 1. The minimum absolute atomic E-state index is 0.168. The maximum atomic E-state index is 13.5. The van der Waals surface area contributed by atoms with Crippen LogP contribution in [0.2, 0.25) is 0 Å². The largest absolute Gasteiger partial charge is 0.573 e. The molecule has 1 aromatic rings. The molecule has 0 aromatic carbocycles. The molecule has 0 bridgehead atoms. The number of nitrogens with zero attached hydrogens (tertiary/aromatic N) is 1.